The highest BCUT2D eigenvalue weighted by atomic mass is 16.6. The van der Waals surface area contributed by atoms with Gasteiger partial charge in [0.25, 0.3) is 0 Å². The highest BCUT2D eigenvalue weighted by molar-refractivity contribution is 5.69. The van der Waals surface area contributed by atoms with E-state index in [0.29, 0.717) is 25.7 Å². The fourth-order valence-electron chi connectivity index (χ4n) is 5.57. The Morgan fingerprint density at radius 2 is 0.920 bits per heavy atom. The second-order valence-corrected chi connectivity index (χ2v) is 13.8. The highest BCUT2D eigenvalue weighted by Gasteiger charge is 2.12. The van der Waals surface area contributed by atoms with Crippen LogP contribution in [0.25, 0.3) is 0 Å². The summed E-state index contributed by atoms with van der Waals surface area (Å²) < 4.78 is 10.2. The molecule has 290 valence electrons. The van der Waals surface area contributed by atoms with E-state index in [4.69, 9.17) is 9.47 Å². The highest BCUT2D eigenvalue weighted by Crippen LogP contribution is 2.14. The number of unbranched alkanes of at least 4 members (excludes halogenated alkanes) is 19. The average molecular weight is 705 g/mol. The Kier molecular flexibility index (Phi) is 36.3. The zero-order valence-electron chi connectivity index (χ0n) is 32.1. The number of ether oxygens (including phenoxy) is 2. The molecule has 0 saturated carbocycles. The molecule has 7 nitrogen and oxygen atoms in total. The second-order valence-electron chi connectivity index (χ2n) is 13.8. The molecule has 7 heteroatoms. The molecule has 0 fully saturated rings. The van der Waals surface area contributed by atoms with Gasteiger partial charge in [-0.3, -0.25) is 9.59 Å². The van der Waals surface area contributed by atoms with Crippen molar-refractivity contribution in [3.8, 4) is 0 Å². The van der Waals surface area contributed by atoms with E-state index < -0.39 is 24.3 Å². The van der Waals surface area contributed by atoms with E-state index in [-0.39, 0.29) is 25.6 Å². The van der Waals surface area contributed by atoms with Crippen LogP contribution in [0.2, 0.25) is 0 Å². The largest absolute Gasteiger partial charge is 0.463 e. The molecule has 0 aromatic carbocycles. The lowest BCUT2D eigenvalue weighted by Gasteiger charge is -2.12. The molecule has 0 heterocycles. The summed E-state index contributed by atoms with van der Waals surface area (Å²) in [6.45, 7) is 4.04. The van der Waals surface area contributed by atoms with Crippen molar-refractivity contribution in [2.45, 2.75) is 199 Å². The molecule has 0 aromatic rings. The molecule has 0 rings (SSSR count). The molecule has 3 atom stereocenters. The van der Waals surface area contributed by atoms with Crippen LogP contribution < -0.4 is 0 Å². The van der Waals surface area contributed by atoms with Crippen molar-refractivity contribution >= 4 is 11.9 Å². The van der Waals surface area contributed by atoms with E-state index >= 15 is 0 Å². The molecule has 0 aromatic heterocycles. The summed E-state index contributed by atoms with van der Waals surface area (Å²) in [4.78, 5) is 24.0. The third-order valence-electron chi connectivity index (χ3n) is 8.76. The lowest BCUT2D eigenvalue weighted by molar-refractivity contribution is -0.152. The number of carbonyl (C=O) groups excluding carboxylic acids is 2. The standard InChI is InChI=1S/C43H76O7/c1-3-5-7-9-11-12-13-14-15-16-17-18-19-20-21-23-29-35-42(47)49-37-41(46)38-50-43(48)36-30-34-40(45)33-28-25-24-27-32-39(44)31-26-22-10-8-6-4-2/h22,24-28,32-33,39-41,44-46H,3-21,23,29-31,34-38H2,1-2H3/b25-24+,26-22-,32-27+,33-28-/t39-,40-,41+/m1/s1. The Labute approximate surface area is 306 Å². The van der Waals surface area contributed by atoms with E-state index in [0.717, 1.165) is 25.7 Å². The van der Waals surface area contributed by atoms with Gasteiger partial charge in [-0.15, -0.1) is 0 Å². The number of aliphatic hydroxyl groups excluding tert-OH is 3. The number of hydrogen-bond acceptors (Lipinski definition) is 7. The predicted octanol–water partition coefficient (Wildman–Crippen LogP) is 10.6. The number of hydrogen-bond donors (Lipinski definition) is 3. The fraction of sp³-hybridized carbons (Fsp3) is 0.767. The van der Waals surface area contributed by atoms with Crippen LogP contribution >= 0.6 is 0 Å². The summed E-state index contributed by atoms with van der Waals surface area (Å²) >= 11 is 0. The van der Waals surface area contributed by atoms with Crippen LogP contribution in [0.3, 0.4) is 0 Å². The van der Waals surface area contributed by atoms with Gasteiger partial charge in [0.15, 0.2) is 0 Å². The van der Waals surface area contributed by atoms with Crippen LogP contribution in [0.4, 0.5) is 0 Å². The summed E-state index contributed by atoms with van der Waals surface area (Å²) in [6.07, 6.45) is 40.9. The second kappa shape index (κ2) is 38.0. The van der Waals surface area contributed by atoms with Crippen LogP contribution in [-0.4, -0.2) is 58.8 Å². The summed E-state index contributed by atoms with van der Waals surface area (Å²) in [5.41, 5.74) is 0. The summed E-state index contributed by atoms with van der Waals surface area (Å²) in [7, 11) is 0. The Balaban J connectivity index is 3.67. The number of esters is 2. The van der Waals surface area contributed by atoms with Gasteiger partial charge < -0.3 is 24.8 Å². The smallest absolute Gasteiger partial charge is 0.305 e. The van der Waals surface area contributed by atoms with Crippen LogP contribution in [0, 0.1) is 0 Å². The average Bonchev–Trinajstić information content (AvgIpc) is 3.10. The minimum atomic E-state index is -1.05. The number of allylic oxidation sites excluding steroid dienone is 5. The third kappa shape index (κ3) is 37.0. The van der Waals surface area contributed by atoms with E-state index in [1.807, 2.05) is 6.08 Å². The Hall–Kier alpha value is -2.22. The zero-order chi connectivity index (χ0) is 36.8. The summed E-state index contributed by atoms with van der Waals surface area (Å²) in [5, 5.41) is 30.1. The van der Waals surface area contributed by atoms with Crippen LogP contribution in [0.1, 0.15) is 181 Å². The number of aliphatic hydroxyl groups is 3. The molecular formula is C43H76O7. The minimum absolute atomic E-state index is 0.125. The normalized spacial score (nSPS) is 13.9. The molecule has 0 bridgehead atoms. The predicted molar refractivity (Wildman–Crippen MR) is 208 cm³/mol. The molecule has 50 heavy (non-hydrogen) atoms. The molecule has 0 aliphatic heterocycles. The maximum atomic E-state index is 12.0. The molecule has 0 aliphatic rings. The Bertz CT molecular complexity index is 878. The molecule has 3 N–H and O–H groups in total. The Morgan fingerprint density at radius 3 is 1.42 bits per heavy atom. The van der Waals surface area contributed by atoms with Gasteiger partial charge in [-0.2, -0.15) is 0 Å². The molecule has 0 spiro atoms. The first-order valence-corrected chi connectivity index (χ1v) is 20.4. The van der Waals surface area contributed by atoms with Gasteiger partial charge in [0.05, 0.1) is 12.2 Å². The third-order valence-corrected chi connectivity index (χ3v) is 8.76. The van der Waals surface area contributed by atoms with Crippen molar-refractivity contribution in [2.75, 3.05) is 13.2 Å². The van der Waals surface area contributed by atoms with E-state index in [1.54, 1.807) is 36.5 Å². The SMILES string of the molecule is CCCCC/C=C\C[C@@H](O)/C=C/C=C/C=C\[C@@H](O)CCCC(=O)OC[C@@H](O)COC(=O)CCCCCCCCCCCCCCCCCCC. The van der Waals surface area contributed by atoms with Gasteiger partial charge in [0.2, 0.25) is 0 Å². The van der Waals surface area contributed by atoms with Gasteiger partial charge in [-0.05, 0) is 38.5 Å². The first kappa shape index (κ1) is 47.8. The lowest BCUT2D eigenvalue weighted by Crippen LogP contribution is -2.25. The van der Waals surface area contributed by atoms with Gasteiger partial charge in [-0.1, -0.05) is 178 Å². The Morgan fingerprint density at radius 1 is 0.500 bits per heavy atom. The van der Waals surface area contributed by atoms with E-state index in [1.165, 1.54) is 109 Å². The van der Waals surface area contributed by atoms with Crippen molar-refractivity contribution in [1.82, 2.24) is 0 Å². The van der Waals surface area contributed by atoms with E-state index in [9.17, 15) is 24.9 Å². The number of carbonyl (C=O) groups is 2. The van der Waals surface area contributed by atoms with Crippen molar-refractivity contribution in [3.63, 3.8) is 0 Å². The van der Waals surface area contributed by atoms with Crippen molar-refractivity contribution in [2.24, 2.45) is 0 Å². The molecule has 0 amide bonds. The van der Waals surface area contributed by atoms with Crippen LogP contribution in [-0.2, 0) is 19.1 Å². The molecular weight excluding hydrogens is 628 g/mol. The van der Waals surface area contributed by atoms with Gasteiger partial charge in [0.1, 0.15) is 19.3 Å². The molecule has 0 aliphatic carbocycles. The van der Waals surface area contributed by atoms with Crippen LogP contribution in [0.15, 0.2) is 48.6 Å². The van der Waals surface area contributed by atoms with Crippen LogP contribution in [0.5, 0.6) is 0 Å². The molecule has 0 saturated heterocycles. The van der Waals surface area contributed by atoms with Crippen molar-refractivity contribution < 1.29 is 34.4 Å². The minimum Gasteiger partial charge on any atom is -0.463 e. The number of rotatable bonds is 36. The van der Waals surface area contributed by atoms with Crippen molar-refractivity contribution in [3.05, 3.63) is 48.6 Å². The zero-order valence-corrected chi connectivity index (χ0v) is 32.1. The van der Waals surface area contributed by atoms with Gasteiger partial charge in [0, 0.05) is 12.8 Å². The fourth-order valence-corrected chi connectivity index (χ4v) is 5.57. The monoisotopic (exact) mass is 705 g/mol. The molecule has 0 radical (unpaired) electrons. The maximum Gasteiger partial charge on any atom is 0.305 e. The lowest BCUT2D eigenvalue weighted by atomic mass is 10.0. The maximum absolute atomic E-state index is 12.0. The summed E-state index contributed by atoms with van der Waals surface area (Å²) in [6, 6.07) is 0. The van der Waals surface area contributed by atoms with Gasteiger partial charge >= 0.3 is 11.9 Å². The first-order valence-electron chi connectivity index (χ1n) is 20.4. The quantitative estimate of drug-likeness (QED) is 0.0257. The van der Waals surface area contributed by atoms with E-state index in [2.05, 4.69) is 19.9 Å². The molecule has 0 unspecified atom stereocenters. The summed E-state index contributed by atoms with van der Waals surface area (Å²) in [5.74, 6) is -0.794. The van der Waals surface area contributed by atoms with Gasteiger partial charge in [-0.25, -0.2) is 0 Å². The first-order chi connectivity index (χ1) is 24.4. The van der Waals surface area contributed by atoms with Crippen molar-refractivity contribution in [1.29, 1.82) is 0 Å². The topological polar surface area (TPSA) is 113 Å².